The average Bonchev–Trinajstić information content (AvgIpc) is 3.13. The molecule has 8 nitrogen and oxygen atoms in total. The Hall–Kier alpha value is -2.55. The standard InChI is InChI=1S/C20H26N4O4S/c1-14-17(15(2)28-21-14)8-9-20(25)23-12-10-16(11-13-23)24-19-7-5-4-6-18(19)22(3)29(24,26)27/h4-7,16H,8-13H2,1-3H3. The molecule has 0 atom stereocenters. The van der Waals surface area contributed by atoms with Crippen LogP contribution in [0.1, 0.15) is 36.3 Å². The fourth-order valence-corrected chi connectivity index (χ4v) is 5.94. The maximum absolute atomic E-state index is 12.9. The first kappa shape index (κ1) is 19.8. The van der Waals surface area contributed by atoms with Crippen LogP contribution in [0.5, 0.6) is 0 Å². The normalized spacial score (nSPS) is 18.9. The lowest BCUT2D eigenvalue weighted by Gasteiger charge is -2.36. The van der Waals surface area contributed by atoms with Crippen LogP contribution in [0.4, 0.5) is 11.4 Å². The van der Waals surface area contributed by atoms with E-state index in [1.54, 1.807) is 7.05 Å². The zero-order chi connectivity index (χ0) is 20.8. The van der Waals surface area contributed by atoms with Gasteiger partial charge in [-0.15, -0.1) is 0 Å². The van der Waals surface area contributed by atoms with Crippen molar-refractivity contribution in [3.8, 4) is 0 Å². The number of nitrogens with zero attached hydrogens (tertiary/aromatic N) is 4. The number of benzene rings is 1. The number of hydrogen-bond donors (Lipinski definition) is 0. The zero-order valence-corrected chi connectivity index (χ0v) is 17.8. The number of fused-ring (bicyclic) bond motifs is 1. The van der Waals surface area contributed by atoms with Gasteiger partial charge in [-0.1, -0.05) is 17.3 Å². The maximum atomic E-state index is 12.9. The largest absolute Gasteiger partial charge is 0.361 e. The van der Waals surface area contributed by atoms with Crippen LogP contribution < -0.4 is 8.61 Å². The number of aromatic nitrogens is 1. The van der Waals surface area contributed by atoms with E-state index < -0.39 is 10.2 Å². The maximum Gasteiger partial charge on any atom is 0.326 e. The summed E-state index contributed by atoms with van der Waals surface area (Å²) in [6, 6.07) is 7.22. The molecule has 2 aliphatic heterocycles. The second-order valence-corrected chi connectivity index (χ2v) is 9.51. The molecule has 2 aromatic rings. The Morgan fingerprint density at radius 2 is 1.83 bits per heavy atom. The van der Waals surface area contributed by atoms with Gasteiger partial charge in [0, 0.05) is 32.1 Å². The highest BCUT2D eigenvalue weighted by Gasteiger charge is 2.43. The lowest BCUT2D eigenvalue weighted by Crippen LogP contribution is -2.49. The zero-order valence-electron chi connectivity index (χ0n) is 17.0. The Morgan fingerprint density at radius 1 is 1.17 bits per heavy atom. The lowest BCUT2D eigenvalue weighted by molar-refractivity contribution is -0.132. The van der Waals surface area contributed by atoms with Gasteiger partial charge in [-0.05, 0) is 45.2 Å². The fraction of sp³-hybridized carbons (Fsp3) is 0.500. The van der Waals surface area contributed by atoms with Gasteiger partial charge in [0.2, 0.25) is 5.91 Å². The number of amides is 1. The Balaban J connectivity index is 1.40. The third-order valence-electron chi connectivity index (χ3n) is 5.97. The average molecular weight is 419 g/mol. The molecule has 1 aromatic heterocycles. The second-order valence-electron chi connectivity index (χ2n) is 7.67. The Morgan fingerprint density at radius 3 is 2.45 bits per heavy atom. The predicted molar refractivity (Wildman–Crippen MR) is 110 cm³/mol. The van der Waals surface area contributed by atoms with E-state index >= 15 is 0 Å². The van der Waals surface area contributed by atoms with Gasteiger partial charge in [-0.25, -0.2) is 4.31 Å². The molecule has 9 heteroatoms. The number of carbonyl (C=O) groups excluding carboxylic acids is 1. The van der Waals surface area contributed by atoms with Gasteiger partial charge < -0.3 is 9.42 Å². The van der Waals surface area contributed by atoms with Crippen LogP contribution in [-0.2, 0) is 21.4 Å². The summed E-state index contributed by atoms with van der Waals surface area (Å²) in [5.74, 6) is 0.848. The molecule has 2 aliphatic rings. The molecule has 156 valence electrons. The predicted octanol–water partition coefficient (Wildman–Crippen LogP) is 2.42. The van der Waals surface area contributed by atoms with Crippen molar-refractivity contribution in [3.63, 3.8) is 0 Å². The molecule has 0 unspecified atom stereocenters. The first-order valence-electron chi connectivity index (χ1n) is 9.87. The van der Waals surface area contributed by atoms with Gasteiger partial charge >= 0.3 is 10.2 Å². The Bertz CT molecular complexity index is 1010. The van der Waals surface area contributed by atoms with Crippen molar-refractivity contribution in [1.29, 1.82) is 0 Å². The van der Waals surface area contributed by atoms with Crippen molar-refractivity contribution in [2.45, 2.75) is 45.6 Å². The van der Waals surface area contributed by atoms with Crippen LogP contribution in [0, 0.1) is 13.8 Å². The molecule has 4 rings (SSSR count). The van der Waals surface area contributed by atoms with Crippen molar-refractivity contribution >= 4 is 27.5 Å². The molecular weight excluding hydrogens is 392 g/mol. The van der Waals surface area contributed by atoms with E-state index in [1.807, 2.05) is 43.0 Å². The van der Waals surface area contributed by atoms with Crippen LogP contribution in [0.15, 0.2) is 28.8 Å². The molecule has 29 heavy (non-hydrogen) atoms. The summed E-state index contributed by atoms with van der Waals surface area (Å²) in [6.07, 6.45) is 2.26. The smallest absolute Gasteiger partial charge is 0.326 e. The number of anilines is 2. The van der Waals surface area contributed by atoms with Crippen molar-refractivity contribution in [2.24, 2.45) is 0 Å². The third-order valence-corrected chi connectivity index (χ3v) is 7.85. The summed E-state index contributed by atoms with van der Waals surface area (Å²) >= 11 is 0. The van der Waals surface area contributed by atoms with Crippen LogP contribution in [0.2, 0.25) is 0 Å². The molecule has 0 bridgehead atoms. The molecule has 1 saturated heterocycles. The van der Waals surface area contributed by atoms with E-state index in [2.05, 4.69) is 5.16 Å². The quantitative estimate of drug-likeness (QED) is 0.761. The summed E-state index contributed by atoms with van der Waals surface area (Å²) < 4.78 is 33.9. The topological polar surface area (TPSA) is 87.0 Å². The van der Waals surface area contributed by atoms with E-state index in [0.29, 0.717) is 44.5 Å². The fourth-order valence-electron chi connectivity index (χ4n) is 4.28. The van der Waals surface area contributed by atoms with Crippen molar-refractivity contribution in [1.82, 2.24) is 10.1 Å². The highest BCUT2D eigenvalue weighted by Crippen LogP contribution is 2.42. The van der Waals surface area contributed by atoms with E-state index in [4.69, 9.17) is 4.52 Å². The molecule has 0 spiro atoms. The minimum atomic E-state index is -3.57. The van der Waals surface area contributed by atoms with Crippen molar-refractivity contribution in [2.75, 3.05) is 28.7 Å². The number of para-hydroxylation sites is 2. The number of aryl methyl sites for hydroxylation is 2. The van der Waals surface area contributed by atoms with Gasteiger partial charge in [0.1, 0.15) is 5.76 Å². The highest BCUT2D eigenvalue weighted by molar-refractivity contribution is 7.94. The lowest BCUT2D eigenvalue weighted by atomic mass is 10.0. The third kappa shape index (κ3) is 3.37. The summed E-state index contributed by atoms with van der Waals surface area (Å²) in [4.78, 5) is 14.5. The van der Waals surface area contributed by atoms with E-state index in [0.717, 1.165) is 22.7 Å². The number of piperidine rings is 1. The number of rotatable bonds is 4. The Labute approximate surface area is 171 Å². The first-order chi connectivity index (χ1) is 13.8. The van der Waals surface area contributed by atoms with Gasteiger partial charge in [0.15, 0.2) is 0 Å². The summed E-state index contributed by atoms with van der Waals surface area (Å²) in [5, 5.41) is 3.93. The highest BCUT2D eigenvalue weighted by atomic mass is 32.2. The van der Waals surface area contributed by atoms with Crippen molar-refractivity contribution in [3.05, 3.63) is 41.3 Å². The second kappa shape index (κ2) is 7.37. The summed E-state index contributed by atoms with van der Waals surface area (Å²) in [7, 11) is -1.98. The monoisotopic (exact) mass is 418 g/mol. The van der Waals surface area contributed by atoms with Crippen LogP contribution >= 0.6 is 0 Å². The van der Waals surface area contributed by atoms with Crippen molar-refractivity contribution < 1.29 is 17.7 Å². The van der Waals surface area contributed by atoms with E-state index in [9.17, 15) is 13.2 Å². The van der Waals surface area contributed by atoms with Crippen LogP contribution in [0.3, 0.4) is 0 Å². The molecule has 0 N–H and O–H groups in total. The van der Waals surface area contributed by atoms with Crippen LogP contribution in [0.25, 0.3) is 0 Å². The number of likely N-dealkylation sites (tertiary alicyclic amines) is 1. The molecule has 0 radical (unpaired) electrons. The minimum absolute atomic E-state index is 0.0882. The molecule has 0 saturated carbocycles. The van der Waals surface area contributed by atoms with Crippen LogP contribution in [-0.4, -0.2) is 50.6 Å². The summed E-state index contributed by atoms with van der Waals surface area (Å²) in [5.41, 5.74) is 3.25. The van der Waals surface area contributed by atoms with Gasteiger partial charge in [0.05, 0.1) is 23.1 Å². The molecule has 3 heterocycles. The molecule has 1 aromatic carbocycles. The van der Waals surface area contributed by atoms with E-state index in [1.165, 1.54) is 8.61 Å². The minimum Gasteiger partial charge on any atom is -0.361 e. The molecule has 1 fully saturated rings. The van der Waals surface area contributed by atoms with Gasteiger partial charge in [-0.2, -0.15) is 8.42 Å². The number of hydrogen-bond acceptors (Lipinski definition) is 5. The molecule has 1 amide bonds. The van der Waals surface area contributed by atoms with Gasteiger partial charge in [0.25, 0.3) is 0 Å². The first-order valence-corrected chi connectivity index (χ1v) is 11.3. The Kier molecular flexibility index (Phi) is 5.02. The van der Waals surface area contributed by atoms with E-state index in [-0.39, 0.29) is 11.9 Å². The summed E-state index contributed by atoms with van der Waals surface area (Å²) in [6.45, 7) is 4.86. The SMILES string of the molecule is Cc1noc(C)c1CCC(=O)N1CCC(N2c3ccccc3N(C)S2(=O)=O)CC1. The molecular formula is C20H26N4O4S. The molecule has 0 aliphatic carbocycles. The van der Waals surface area contributed by atoms with Gasteiger partial charge in [-0.3, -0.25) is 9.10 Å². The number of carbonyl (C=O) groups is 1.